The standard InChI is InChI=1S/C27H27ClN4O4/c28-23-15-22(20-3-5-21(6-4-20)27(34)32-10-13-35-14-11-32)16-24(17-23)36-12-9-30-26(33)8-2-19-1-7-25(29)31-18-19/h1-8,15-18H,9-14H2,(H2,29,31)(H,30,33). The molecular weight excluding hydrogens is 480 g/mol. The van der Waals surface area contributed by atoms with E-state index in [2.05, 4.69) is 10.3 Å². The summed E-state index contributed by atoms with van der Waals surface area (Å²) in [6.07, 6.45) is 4.68. The summed E-state index contributed by atoms with van der Waals surface area (Å²) < 4.78 is 11.1. The molecule has 4 rings (SSSR count). The van der Waals surface area contributed by atoms with Crippen LogP contribution in [0.25, 0.3) is 17.2 Å². The highest BCUT2D eigenvalue weighted by atomic mass is 35.5. The highest BCUT2D eigenvalue weighted by molar-refractivity contribution is 6.31. The zero-order chi connectivity index (χ0) is 25.3. The van der Waals surface area contributed by atoms with Crippen molar-refractivity contribution in [3.8, 4) is 16.9 Å². The van der Waals surface area contributed by atoms with Gasteiger partial charge in [0.25, 0.3) is 5.91 Å². The number of nitrogen functional groups attached to an aromatic ring is 1. The minimum absolute atomic E-state index is 0.00184. The monoisotopic (exact) mass is 506 g/mol. The van der Waals surface area contributed by atoms with Gasteiger partial charge in [-0.3, -0.25) is 9.59 Å². The predicted molar refractivity (Wildman–Crippen MR) is 140 cm³/mol. The lowest BCUT2D eigenvalue weighted by Crippen LogP contribution is -2.40. The Bertz CT molecular complexity index is 1220. The molecule has 2 amide bonds. The highest BCUT2D eigenvalue weighted by Crippen LogP contribution is 2.29. The Morgan fingerprint density at radius 2 is 1.86 bits per heavy atom. The van der Waals surface area contributed by atoms with E-state index in [1.54, 1.807) is 35.4 Å². The summed E-state index contributed by atoms with van der Waals surface area (Å²) >= 11 is 6.31. The maximum Gasteiger partial charge on any atom is 0.254 e. The van der Waals surface area contributed by atoms with Gasteiger partial charge in [0.05, 0.1) is 19.8 Å². The molecule has 1 aliphatic heterocycles. The van der Waals surface area contributed by atoms with Gasteiger partial charge in [0, 0.05) is 35.9 Å². The van der Waals surface area contributed by atoms with E-state index in [4.69, 9.17) is 26.8 Å². The average Bonchev–Trinajstić information content (AvgIpc) is 2.91. The topological polar surface area (TPSA) is 107 Å². The molecule has 1 fully saturated rings. The van der Waals surface area contributed by atoms with Crippen LogP contribution in [0.3, 0.4) is 0 Å². The van der Waals surface area contributed by atoms with Gasteiger partial charge in [-0.15, -0.1) is 0 Å². The first kappa shape index (κ1) is 25.2. The van der Waals surface area contributed by atoms with Gasteiger partial charge in [0.15, 0.2) is 0 Å². The van der Waals surface area contributed by atoms with Gasteiger partial charge in [-0.1, -0.05) is 23.7 Å². The summed E-state index contributed by atoms with van der Waals surface area (Å²) in [6, 6.07) is 16.3. The van der Waals surface area contributed by atoms with Crippen LogP contribution in [0.4, 0.5) is 5.82 Å². The largest absolute Gasteiger partial charge is 0.492 e. The van der Waals surface area contributed by atoms with Crippen LogP contribution in [-0.4, -0.2) is 61.2 Å². The van der Waals surface area contributed by atoms with Crippen LogP contribution in [0, 0.1) is 0 Å². The Morgan fingerprint density at radius 3 is 2.58 bits per heavy atom. The van der Waals surface area contributed by atoms with Crippen LogP contribution in [-0.2, 0) is 9.53 Å². The number of carbonyl (C=O) groups is 2. The molecule has 0 atom stereocenters. The Hall–Kier alpha value is -3.88. The number of amides is 2. The number of hydrogen-bond donors (Lipinski definition) is 2. The number of nitrogens with one attached hydrogen (secondary N) is 1. The first-order valence-corrected chi connectivity index (χ1v) is 11.9. The smallest absolute Gasteiger partial charge is 0.254 e. The summed E-state index contributed by atoms with van der Waals surface area (Å²) in [5.74, 6) is 0.772. The second kappa shape index (κ2) is 12.2. The van der Waals surface area contributed by atoms with Crippen molar-refractivity contribution in [2.24, 2.45) is 0 Å². The van der Waals surface area contributed by atoms with Gasteiger partial charge in [-0.25, -0.2) is 4.98 Å². The van der Waals surface area contributed by atoms with Crippen molar-refractivity contribution in [2.45, 2.75) is 0 Å². The maximum absolute atomic E-state index is 12.7. The van der Waals surface area contributed by atoms with Crippen molar-refractivity contribution in [1.82, 2.24) is 15.2 Å². The second-order valence-corrected chi connectivity index (χ2v) is 8.58. The minimum atomic E-state index is -0.242. The fourth-order valence-corrected chi connectivity index (χ4v) is 3.88. The lowest BCUT2D eigenvalue weighted by atomic mass is 10.0. The number of pyridine rings is 1. The zero-order valence-electron chi connectivity index (χ0n) is 19.7. The Balaban J connectivity index is 1.30. The van der Waals surface area contributed by atoms with E-state index in [9.17, 15) is 9.59 Å². The van der Waals surface area contributed by atoms with E-state index in [-0.39, 0.29) is 18.4 Å². The van der Waals surface area contributed by atoms with Crippen LogP contribution in [0.5, 0.6) is 5.75 Å². The number of anilines is 1. The van der Waals surface area contributed by atoms with E-state index in [1.165, 1.54) is 6.08 Å². The van der Waals surface area contributed by atoms with Crippen LogP contribution in [0.15, 0.2) is 66.9 Å². The van der Waals surface area contributed by atoms with E-state index < -0.39 is 0 Å². The van der Waals surface area contributed by atoms with Crippen molar-refractivity contribution >= 4 is 35.3 Å². The molecule has 1 saturated heterocycles. The number of carbonyl (C=O) groups excluding carboxylic acids is 2. The van der Waals surface area contributed by atoms with E-state index in [1.807, 2.05) is 36.4 Å². The van der Waals surface area contributed by atoms with Crippen molar-refractivity contribution in [3.63, 3.8) is 0 Å². The van der Waals surface area contributed by atoms with E-state index >= 15 is 0 Å². The molecule has 0 aliphatic carbocycles. The van der Waals surface area contributed by atoms with Crippen LogP contribution < -0.4 is 15.8 Å². The van der Waals surface area contributed by atoms with Gasteiger partial charge in [0.1, 0.15) is 18.2 Å². The van der Waals surface area contributed by atoms with Crippen molar-refractivity contribution in [1.29, 1.82) is 0 Å². The number of morpholine rings is 1. The molecule has 3 aromatic rings. The second-order valence-electron chi connectivity index (χ2n) is 8.15. The Labute approximate surface area is 214 Å². The number of rotatable bonds is 8. The van der Waals surface area contributed by atoms with Crippen LogP contribution in [0.2, 0.25) is 5.02 Å². The Morgan fingerprint density at radius 1 is 1.08 bits per heavy atom. The van der Waals surface area contributed by atoms with Gasteiger partial charge in [-0.05, 0) is 65.2 Å². The van der Waals surface area contributed by atoms with Crippen molar-refractivity contribution in [2.75, 3.05) is 45.2 Å². The fourth-order valence-electron chi connectivity index (χ4n) is 3.66. The normalized spacial score (nSPS) is 13.5. The summed E-state index contributed by atoms with van der Waals surface area (Å²) in [4.78, 5) is 30.5. The first-order valence-electron chi connectivity index (χ1n) is 11.6. The molecule has 1 aliphatic rings. The summed E-state index contributed by atoms with van der Waals surface area (Å²) in [6.45, 7) is 2.94. The molecule has 9 heteroatoms. The third kappa shape index (κ3) is 7.07. The molecule has 2 heterocycles. The minimum Gasteiger partial charge on any atom is -0.492 e. The summed E-state index contributed by atoms with van der Waals surface area (Å²) in [7, 11) is 0. The van der Waals surface area contributed by atoms with E-state index in [0.29, 0.717) is 55.0 Å². The first-order chi connectivity index (χ1) is 17.5. The zero-order valence-corrected chi connectivity index (χ0v) is 20.4. The molecule has 8 nitrogen and oxygen atoms in total. The molecule has 0 unspecified atom stereocenters. The van der Waals surface area contributed by atoms with E-state index in [0.717, 1.165) is 16.7 Å². The molecular formula is C27H27ClN4O4. The maximum atomic E-state index is 12.7. The molecule has 186 valence electrons. The molecule has 36 heavy (non-hydrogen) atoms. The number of ether oxygens (including phenoxy) is 2. The summed E-state index contributed by atoms with van der Waals surface area (Å²) in [5, 5.41) is 3.29. The van der Waals surface area contributed by atoms with Gasteiger partial charge in [-0.2, -0.15) is 0 Å². The lowest BCUT2D eigenvalue weighted by Gasteiger charge is -2.26. The fraction of sp³-hybridized carbons (Fsp3) is 0.222. The number of aromatic nitrogens is 1. The van der Waals surface area contributed by atoms with Crippen molar-refractivity contribution in [3.05, 3.63) is 83.0 Å². The van der Waals surface area contributed by atoms with Gasteiger partial charge < -0.3 is 25.4 Å². The molecule has 2 aromatic carbocycles. The number of nitrogens with zero attached hydrogens (tertiary/aromatic N) is 2. The molecule has 0 spiro atoms. The molecule has 0 saturated carbocycles. The molecule has 1 aromatic heterocycles. The number of benzene rings is 2. The molecule has 3 N–H and O–H groups in total. The molecule has 0 radical (unpaired) electrons. The highest BCUT2D eigenvalue weighted by Gasteiger charge is 2.18. The quantitative estimate of drug-likeness (QED) is 0.356. The van der Waals surface area contributed by atoms with Crippen LogP contribution in [0.1, 0.15) is 15.9 Å². The molecule has 0 bridgehead atoms. The lowest BCUT2D eigenvalue weighted by molar-refractivity contribution is -0.116. The summed E-state index contributed by atoms with van der Waals surface area (Å²) in [5.41, 5.74) is 8.75. The van der Waals surface area contributed by atoms with Crippen LogP contribution >= 0.6 is 11.6 Å². The third-order valence-corrected chi connectivity index (χ3v) is 5.76. The van der Waals surface area contributed by atoms with Gasteiger partial charge >= 0.3 is 0 Å². The predicted octanol–water partition coefficient (Wildman–Crippen LogP) is 3.67. The number of nitrogens with two attached hydrogens (primary N) is 1. The number of halogens is 1. The van der Waals surface area contributed by atoms with Gasteiger partial charge in [0.2, 0.25) is 5.91 Å². The Kier molecular flexibility index (Phi) is 8.54. The van der Waals surface area contributed by atoms with Crippen molar-refractivity contribution < 1.29 is 19.1 Å². The number of hydrogen-bond acceptors (Lipinski definition) is 6. The average molecular weight is 507 g/mol. The third-order valence-electron chi connectivity index (χ3n) is 5.54. The SMILES string of the molecule is Nc1ccc(C=CC(=O)NCCOc2cc(Cl)cc(-c3ccc(C(=O)N4CCOCC4)cc3)c2)cn1.